The van der Waals surface area contributed by atoms with Crippen LogP contribution in [0.2, 0.25) is 0 Å². The summed E-state index contributed by atoms with van der Waals surface area (Å²) in [6, 6.07) is 8.72. The SMILES string of the molecule is Nc1nc2n(n1)[C@H](c1ccc(OC(F)(F)F)cc1)C1=C(C[C@H](c3cccs3)CC1=O)N2. The number of nitrogen functional groups attached to an aromatic ring is 1. The van der Waals surface area contributed by atoms with Crippen LogP contribution >= 0.6 is 11.3 Å². The van der Waals surface area contributed by atoms with Crippen LogP contribution in [0.15, 0.2) is 53.0 Å². The molecule has 11 heteroatoms. The first-order chi connectivity index (χ1) is 14.8. The standard InChI is InChI=1S/C20H16F3N5O2S/c21-20(22,23)30-12-5-3-10(4-6-12)17-16-13(25-19-26-18(24)27-28(17)19)8-11(9-14(16)29)15-2-1-7-31-15/h1-7,11,17H,8-9H2,(H3,24,25,26,27)/t11-,17+/m0/s1. The molecule has 1 aliphatic heterocycles. The summed E-state index contributed by atoms with van der Waals surface area (Å²) in [7, 11) is 0. The molecule has 31 heavy (non-hydrogen) atoms. The summed E-state index contributed by atoms with van der Waals surface area (Å²) in [4.78, 5) is 18.6. The molecule has 5 rings (SSSR count). The van der Waals surface area contributed by atoms with E-state index in [1.54, 1.807) is 11.3 Å². The molecule has 0 fully saturated rings. The van der Waals surface area contributed by atoms with E-state index in [9.17, 15) is 18.0 Å². The Balaban J connectivity index is 1.55. The number of fused-ring (bicyclic) bond motifs is 1. The van der Waals surface area contributed by atoms with Crippen LogP contribution in [0.3, 0.4) is 0 Å². The maximum atomic E-state index is 13.2. The summed E-state index contributed by atoms with van der Waals surface area (Å²) in [6.45, 7) is 0. The fourth-order valence-electron chi connectivity index (χ4n) is 4.11. The molecule has 0 unspecified atom stereocenters. The van der Waals surface area contributed by atoms with Crippen molar-refractivity contribution in [2.45, 2.75) is 31.2 Å². The molecule has 160 valence electrons. The molecule has 0 spiro atoms. The number of allylic oxidation sites excluding steroid dienone is 2. The van der Waals surface area contributed by atoms with E-state index < -0.39 is 12.4 Å². The molecule has 0 bridgehead atoms. The van der Waals surface area contributed by atoms with Crippen LogP contribution in [0.5, 0.6) is 5.75 Å². The second-order valence-electron chi connectivity index (χ2n) is 7.32. The van der Waals surface area contributed by atoms with E-state index in [1.807, 2.05) is 17.5 Å². The quantitative estimate of drug-likeness (QED) is 0.624. The lowest BCUT2D eigenvalue weighted by atomic mass is 9.80. The van der Waals surface area contributed by atoms with Crippen LogP contribution in [0.25, 0.3) is 0 Å². The van der Waals surface area contributed by atoms with Gasteiger partial charge in [0, 0.05) is 28.5 Å². The molecule has 0 saturated carbocycles. The van der Waals surface area contributed by atoms with Gasteiger partial charge in [-0.3, -0.25) is 4.79 Å². The van der Waals surface area contributed by atoms with E-state index in [-0.39, 0.29) is 23.4 Å². The fourth-order valence-corrected chi connectivity index (χ4v) is 4.94. The zero-order valence-electron chi connectivity index (χ0n) is 15.9. The monoisotopic (exact) mass is 447 g/mol. The molecular weight excluding hydrogens is 431 g/mol. The van der Waals surface area contributed by atoms with E-state index in [4.69, 9.17) is 5.73 Å². The molecular formula is C20H16F3N5O2S. The third kappa shape index (κ3) is 3.65. The Kier molecular flexibility index (Phi) is 4.50. The summed E-state index contributed by atoms with van der Waals surface area (Å²) >= 11 is 1.60. The first-order valence-corrected chi connectivity index (χ1v) is 10.3. The molecule has 3 aromatic rings. The number of carbonyl (C=O) groups excluding carboxylic acids is 1. The average molecular weight is 447 g/mol. The fraction of sp³-hybridized carbons (Fsp3) is 0.250. The smallest absolute Gasteiger partial charge is 0.406 e. The van der Waals surface area contributed by atoms with Gasteiger partial charge in [-0.1, -0.05) is 18.2 Å². The largest absolute Gasteiger partial charge is 0.573 e. The van der Waals surface area contributed by atoms with Gasteiger partial charge in [0.2, 0.25) is 11.9 Å². The van der Waals surface area contributed by atoms with Crippen LogP contribution in [0, 0.1) is 0 Å². The highest BCUT2D eigenvalue weighted by Crippen LogP contribution is 2.45. The van der Waals surface area contributed by atoms with Crippen LogP contribution in [-0.4, -0.2) is 26.9 Å². The van der Waals surface area contributed by atoms with Crippen molar-refractivity contribution in [3.05, 3.63) is 63.5 Å². The number of ether oxygens (including phenoxy) is 1. The number of benzene rings is 1. The van der Waals surface area contributed by atoms with Crippen molar-refractivity contribution in [1.82, 2.24) is 14.8 Å². The number of halogens is 3. The summed E-state index contributed by atoms with van der Waals surface area (Å²) in [5, 5.41) is 9.37. The Morgan fingerprint density at radius 3 is 2.65 bits per heavy atom. The number of thiophene rings is 1. The number of carbonyl (C=O) groups is 1. The Morgan fingerprint density at radius 2 is 1.97 bits per heavy atom. The zero-order valence-corrected chi connectivity index (χ0v) is 16.7. The van der Waals surface area contributed by atoms with Gasteiger partial charge in [0.1, 0.15) is 11.8 Å². The Hall–Kier alpha value is -3.34. The number of alkyl halides is 3. The van der Waals surface area contributed by atoms with Gasteiger partial charge in [-0.2, -0.15) is 4.98 Å². The number of hydrogen-bond acceptors (Lipinski definition) is 7. The minimum absolute atomic E-state index is 0.0339. The minimum Gasteiger partial charge on any atom is -0.406 e. The number of ketones is 1. The van der Waals surface area contributed by atoms with Crippen LogP contribution < -0.4 is 15.8 Å². The Bertz CT molecular complexity index is 1170. The molecule has 0 radical (unpaired) electrons. The molecule has 1 aromatic carbocycles. The first kappa shape index (κ1) is 19.6. The van der Waals surface area contributed by atoms with Crippen molar-refractivity contribution >= 4 is 29.0 Å². The number of nitrogens with two attached hydrogens (primary N) is 1. The van der Waals surface area contributed by atoms with Crippen molar-refractivity contribution < 1.29 is 22.7 Å². The summed E-state index contributed by atoms with van der Waals surface area (Å²) < 4.78 is 43.0. The van der Waals surface area contributed by atoms with Gasteiger partial charge in [0.25, 0.3) is 0 Å². The molecule has 2 atom stereocenters. The normalized spacial score (nSPS) is 20.8. The molecule has 3 N–H and O–H groups in total. The lowest BCUT2D eigenvalue weighted by molar-refractivity contribution is -0.274. The second kappa shape index (κ2) is 7.12. The van der Waals surface area contributed by atoms with Gasteiger partial charge in [-0.05, 0) is 35.6 Å². The van der Waals surface area contributed by atoms with Crippen molar-refractivity contribution in [2.75, 3.05) is 11.1 Å². The number of nitrogens with zero attached hydrogens (tertiary/aromatic N) is 3. The first-order valence-electron chi connectivity index (χ1n) is 9.43. The summed E-state index contributed by atoms with van der Waals surface area (Å²) in [6.07, 6.45) is -3.83. The third-order valence-corrected chi connectivity index (χ3v) is 6.35. The number of Topliss-reactive ketones (excluding diaryl/α,β-unsaturated/α-hetero) is 1. The number of aromatic nitrogens is 3. The van der Waals surface area contributed by atoms with Crippen LogP contribution in [0.4, 0.5) is 25.1 Å². The van der Waals surface area contributed by atoms with Gasteiger partial charge in [0.05, 0.1) is 0 Å². The van der Waals surface area contributed by atoms with Crippen molar-refractivity contribution in [2.24, 2.45) is 0 Å². The number of rotatable bonds is 3. The molecule has 2 aromatic heterocycles. The van der Waals surface area contributed by atoms with Crippen molar-refractivity contribution in [3.8, 4) is 5.75 Å². The predicted octanol–water partition coefficient (Wildman–Crippen LogP) is 4.24. The van der Waals surface area contributed by atoms with Crippen molar-refractivity contribution in [3.63, 3.8) is 0 Å². The van der Waals surface area contributed by atoms with E-state index in [0.717, 1.165) is 10.6 Å². The van der Waals surface area contributed by atoms with Crippen LogP contribution in [0.1, 0.15) is 35.2 Å². The number of nitrogens with one attached hydrogen (secondary N) is 1. The minimum atomic E-state index is -4.78. The maximum Gasteiger partial charge on any atom is 0.573 e. The van der Waals surface area contributed by atoms with Crippen molar-refractivity contribution in [1.29, 1.82) is 0 Å². The second-order valence-corrected chi connectivity index (χ2v) is 8.30. The third-order valence-electron chi connectivity index (χ3n) is 5.31. The molecule has 0 saturated heterocycles. The highest BCUT2D eigenvalue weighted by atomic mass is 32.1. The maximum absolute atomic E-state index is 13.2. The molecule has 7 nitrogen and oxygen atoms in total. The topological polar surface area (TPSA) is 95.1 Å². The molecule has 2 aliphatic rings. The summed E-state index contributed by atoms with van der Waals surface area (Å²) in [5.74, 6) is 0.0786. The van der Waals surface area contributed by atoms with Gasteiger partial charge in [-0.25, -0.2) is 4.68 Å². The highest BCUT2D eigenvalue weighted by Gasteiger charge is 2.40. The molecule has 1 aliphatic carbocycles. The molecule has 3 heterocycles. The highest BCUT2D eigenvalue weighted by molar-refractivity contribution is 7.10. The number of anilines is 2. The van der Waals surface area contributed by atoms with Crippen LogP contribution in [-0.2, 0) is 4.79 Å². The Labute approximate surface area is 178 Å². The van der Waals surface area contributed by atoms with Gasteiger partial charge >= 0.3 is 6.36 Å². The summed E-state index contributed by atoms with van der Waals surface area (Å²) in [5.41, 5.74) is 7.63. The Morgan fingerprint density at radius 1 is 1.19 bits per heavy atom. The zero-order chi connectivity index (χ0) is 21.8. The van der Waals surface area contributed by atoms with Gasteiger partial charge < -0.3 is 15.8 Å². The molecule has 0 amide bonds. The predicted molar refractivity (Wildman–Crippen MR) is 108 cm³/mol. The lowest BCUT2D eigenvalue weighted by Crippen LogP contribution is -2.33. The van der Waals surface area contributed by atoms with Gasteiger partial charge in [-0.15, -0.1) is 29.6 Å². The average Bonchev–Trinajstić information content (AvgIpc) is 3.34. The van der Waals surface area contributed by atoms with E-state index in [2.05, 4.69) is 20.1 Å². The van der Waals surface area contributed by atoms with E-state index in [0.29, 0.717) is 29.9 Å². The lowest BCUT2D eigenvalue weighted by Gasteiger charge is -2.34. The van der Waals surface area contributed by atoms with E-state index >= 15 is 0 Å². The number of hydrogen-bond donors (Lipinski definition) is 2. The van der Waals surface area contributed by atoms with Gasteiger partial charge in [0.15, 0.2) is 5.78 Å². The van der Waals surface area contributed by atoms with E-state index in [1.165, 1.54) is 28.9 Å².